The zero-order valence-electron chi connectivity index (χ0n) is 6.66. The van der Waals surface area contributed by atoms with E-state index in [2.05, 4.69) is 15.9 Å². The summed E-state index contributed by atoms with van der Waals surface area (Å²) in [6, 6.07) is 2.53. The van der Waals surface area contributed by atoms with Crippen LogP contribution in [0.4, 0.5) is 0 Å². The fourth-order valence-electron chi connectivity index (χ4n) is 1.97. The van der Waals surface area contributed by atoms with Gasteiger partial charge >= 0.3 is 0 Å². The summed E-state index contributed by atoms with van der Waals surface area (Å²) in [4.78, 5) is 4.71. The summed E-state index contributed by atoms with van der Waals surface area (Å²) in [5, 5.41) is 8.82. The predicted molar refractivity (Wildman–Crippen MR) is 42.0 cm³/mol. The second kappa shape index (κ2) is 2.80. The normalized spacial score (nSPS) is 43.0. The van der Waals surface area contributed by atoms with Crippen molar-refractivity contribution in [3.63, 3.8) is 0 Å². The minimum absolute atomic E-state index is 0.172. The quantitative estimate of drug-likeness (QED) is 0.484. The number of hydrogen-bond acceptors (Lipinski definition) is 3. The van der Waals surface area contributed by atoms with Gasteiger partial charge in [0.05, 0.1) is 6.07 Å². The topological polar surface area (TPSA) is 30.3 Å². The molecule has 3 heterocycles. The van der Waals surface area contributed by atoms with E-state index in [0.29, 0.717) is 0 Å². The third kappa shape index (κ3) is 1.24. The summed E-state index contributed by atoms with van der Waals surface area (Å²) in [7, 11) is 0. The summed E-state index contributed by atoms with van der Waals surface area (Å²) in [5.74, 6) is 0. The van der Waals surface area contributed by atoms with Crippen LogP contribution in [-0.4, -0.2) is 48.6 Å². The van der Waals surface area contributed by atoms with Crippen molar-refractivity contribution in [1.29, 1.82) is 5.26 Å². The number of fused-ring (bicyclic) bond motifs is 4. The Morgan fingerprint density at radius 3 is 2.91 bits per heavy atom. The molecule has 0 aromatic heterocycles. The van der Waals surface area contributed by atoms with Crippen molar-refractivity contribution in [2.75, 3.05) is 32.7 Å². The van der Waals surface area contributed by atoms with Gasteiger partial charge in [0, 0.05) is 26.2 Å². The van der Waals surface area contributed by atoms with Crippen molar-refractivity contribution in [1.82, 2.24) is 9.80 Å². The van der Waals surface area contributed by atoms with Crippen molar-refractivity contribution >= 4 is 0 Å². The Morgan fingerprint density at radius 2 is 2.09 bits per heavy atom. The zero-order valence-corrected chi connectivity index (χ0v) is 6.66. The van der Waals surface area contributed by atoms with Gasteiger partial charge in [-0.15, -0.1) is 0 Å². The van der Waals surface area contributed by atoms with Gasteiger partial charge < -0.3 is 0 Å². The highest BCUT2D eigenvalue weighted by molar-refractivity contribution is 4.98. The Labute approximate surface area is 67.2 Å². The summed E-state index contributed by atoms with van der Waals surface area (Å²) >= 11 is 0. The molecule has 60 valence electrons. The van der Waals surface area contributed by atoms with Gasteiger partial charge in [-0.25, -0.2) is 0 Å². The molecule has 0 aromatic rings. The molecule has 11 heavy (non-hydrogen) atoms. The fourth-order valence-corrected chi connectivity index (χ4v) is 1.97. The first-order chi connectivity index (χ1) is 5.40. The van der Waals surface area contributed by atoms with Crippen molar-refractivity contribution < 1.29 is 0 Å². The summed E-state index contributed by atoms with van der Waals surface area (Å²) in [6.45, 7) is 5.54. The molecule has 3 aliphatic heterocycles. The number of hydrogen-bond donors (Lipinski definition) is 0. The summed E-state index contributed by atoms with van der Waals surface area (Å²) in [5.41, 5.74) is 0. The Hall–Kier alpha value is -0.590. The summed E-state index contributed by atoms with van der Waals surface area (Å²) < 4.78 is 0. The number of nitriles is 1. The zero-order chi connectivity index (χ0) is 7.68. The Morgan fingerprint density at radius 1 is 1.18 bits per heavy atom. The van der Waals surface area contributed by atoms with E-state index in [0.717, 1.165) is 26.2 Å². The first kappa shape index (κ1) is 7.08. The van der Waals surface area contributed by atoms with Crippen LogP contribution in [0.3, 0.4) is 0 Å². The maximum Gasteiger partial charge on any atom is 0.111 e. The molecule has 2 bridgehead atoms. The number of rotatable bonds is 0. The molecule has 0 aromatic carbocycles. The van der Waals surface area contributed by atoms with Crippen LogP contribution < -0.4 is 0 Å². The third-order valence-electron chi connectivity index (χ3n) is 2.64. The van der Waals surface area contributed by atoms with E-state index in [1.165, 1.54) is 13.0 Å². The molecule has 3 saturated heterocycles. The van der Waals surface area contributed by atoms with Crippen LogP contribution in [0.15, 0.2) is 0 Å². The molecule has 0 amide bonds. The van der Waals surface area contributed by atoms with Gasteiger partial charge in [-0.1, -0.05) is 0 Å². The lowest BCUT2D eigenvalue weighted by atomic mass is 10.2. The summed E-state index contributed by atoms with van der Waals surface area (Å²) in [6.07, 6.45) is 1.23. The molecule has 0 spiro atoms. The highest BCUT2D eigenvalue weighted by Gasteiger charge is 2.28. The third-order valence-corrected chi connectivity index (χ3v) is 2.64. The molecule has 0 saturated carbocycles. The minimum atomic E-state index is 0.172. The molecular formula is C8H13N3. The lowest BCUT2D eigenvalue weighted by Crippen LogP contribution is -2.49. The number of piperazine rings is 1. The van der Waals surface area contributed by atoms with Crippen LogP contribution >= 0.6 is 0 Å². The van der Waals surface area contributed by atoms with Crippen LogP contribution in [0.25, 0.3) is 0 Å². The van der Waals surface area contributed by atoms with E-state index < -0.39 is 0 Å². The molecule has 0 aliphatic carbocycles. The Bertz CT molecular complexity index is 180. The largest absolute Gasteiger partial charge is 0.299 e. The fraction of sp³-hybridized carbons (Fsp3) is 0.875. The maximum absolute atomic E-state index is 8.82. The highest BCUT2D eigenvalue weighted by atomic mass is 15.3. The van der Waals surface area contributed by atoms with Gasteiger partial charge in [0.2, 0.25) is 0 Å². The minimum Gasteiger partial charge on any atom is -0.299 e. The van der Waals surface area contributed by atoms with Crippen LogP contribution in [0.5, 0.6) is 0 Å². The average Bonchev–Trinajstić information content (AvgIpc) is 2.37. The molecule has 3 nitrogen and oxygen atoms in total. The average molecular weight is 151 g/mol. The standard InChI is InChI=1S/C8H13N3/c9-6-8-7-10-2-1-3-11(8)5-4-10/h8H,1-5,7H2/t8-/m1/s1. The first-order valence-electron chi connectivity index (χ1n) is 4.26. The molecule has 3 rings (SSSR count). The van der Waals surface area contributed by atoms with Gasteiger partial charge in [-0.2, -0.15) is 5.26 Å². The van der Waals surface area contributed by atoms with Crippen molar-refractivity contribution in [3.05, 3.63) is 0 Å². The monoisotopic (exact) mass is 151 g/mol. The van der Waals surface area contributed by atoms with Crippen LogP contribution in [0.1, 0.15) is 6.42 Å². The molecular weight excluding hydrogens is 138 g/mol. The Kier molecular flexibility index (Phi) is 1.80. The van der Waals surface area contributed by atoms with Gasteiger partial charge in [0.25, 0.3) is 0 Å². The maximum atomic E-state index is 8.82. The Balaban J connectivity index is 2.11. The van der Waals surface area contributed by atoms with Crippen molar-refractivity contribution in [3.8, 4) is 6.07 Å². The van der Waals surface area contributed by atoms with E-state index in [1.54, 1.807) is 0 Å². The number of nitrogens with zero attached hydrogens (tertiary/aromatic N) is 3. The van der Waals surface area contributed by atoms with E-state index in [9.17, 15) is 0 Å². The van der Waals surface area contributed by atoms with Crippen molar-refractivity contribution in [2.45, 2.75) is 12.5 Å². The van der Waals surface area contributed by atoms with E-state index >= 15 is 0 Å². The van der Waals surface area contributed by atoms with Crippen LogP contribution in [0, 0.1) is 11.3 Å². The lowest BCUT2D eigenvalue weighted by molar-refractivity contribution is 0.145. The molecule has 0 radical (unpaired) electrons. The molecule has 3 aliphatic rings. The molecule has 3 atom stereocenters. The van der Waals surface area contributed by atoms with Crippen LogP contribution in [-0.2, 0) is 0 Å². The van der Waals surface area contributed by atoms with Crippen LogP contribution in [0.2, 0.25) is 0 Å². The SMILES string of the molecule is N#C[C@@H]1CN2CCCN1CC2. The molecule has 3 heteroatoms. The van der Waals surface area contributed by atoms with Crippen molar-refractivity contribution in [2.24, 2.45) is 0 Å². The van der Waals surface area contributed by atoms with Gasteiger partial charge in [-0.3, -0.25) is 9.80 Å². The smallest absolute Gasteiger partial charge is 0.111 e. The van der Waals surface area contributed by atoms with E-state index in [4.69, 9.17) is 5.26 Å². The van der Waals surface area contributed by atoms with Gasteiger partial charge in [0.15, 0.2) is 0 Å². The predicted octanol–water partition coefficient (Wildman–Crippen LogP) is -0.100. The first-order valence-corrected chi connectivity index (χ1v) is 4.26. The molecule has 2 unspecified atom stereocenters. The van der Waals surface area contributed by atoms with Gasteiger partial charge in [-0.05, 0) is 13.0 Å². The lowest BCUT2D eigenvalue weighted by Gasteiger charge is -2.33. The van der Waals surface area contributed by atoms with E-state index in [1.807, 2.05) is 0 Å². The highest BCUT2D eigenvalue weighted by Crippen LogP contribution is 2.14. The molecule has 0 N–H and O–H groups in total. The second-order valence-corrected chi connectivity index (χ2v) is 3.34. The molecule has 3 fully saturated rings. The second-order valence-electron chi connectivity index (χ2n) is 3.34. The van der Waals surface area contributed by atoms with E-state index in [-0.39, 0.29) is 6.04 Å². The van der Waals surface area contributed by atoms with Gasteiger partial charge in [0.1, 0.15) is 6.04 Å².